The van der Waals surface area contributed by atoms with Crippen LogP contribution in [0.15, 0.2) is 0 Å². The summed E-state index contributed by atoms with van der Waals surface area (Å²) in [6.45, 7) is 1.16. The average molecular weight is 172 g/mol. The minimum Gasteiger partial charge on any atom is -0.311 e. The van der Waals surface area contributed by atoms with E-state index in [4.69, 9.17) is 6.42 Å². The molecule has 1 heterocycles. The monoisotopic (exact) mass is 171 g/mol. The van der Waals surface area contributed by atoms with Crippen LogP contribution >= 0.6 is 12.4 Å². The molecule has 2 heteroatoms. The first-order chi connectivity index (χ1) is 4.87. The molecule has 1 aliphatic heterocycles. The summed E-state index contributed by atoms with van der Waals surface area (Å²) in [6, 6.07) is 0. The van der Waals surface area contributed by atoms with Gasteiger partial charge in [0.15, 0.2) is 0 Å². The molecule has 0 bridgehead atoms. The van der Waals surface area contributed by atoms with Gasteiger partial charge in [0.2, 0.25) is 0 Å². The highest BCUT2D eigenvalue weighted by molar-refractivity contribution is 5.85. The van der Waals surface area contributed by atoms with Crippen LogP contribution < -0.4 is 5.32 Å². The van der Waals surface area contributed by atoms with Crippen LogP contribution in [-0.4, -0.2) is 12.1 Å². The predicted octanol–water partition coefficient (Wildman–Crippen LogP) is 1.57. The molecule has 0 amide bonds. The fraction of sp³-hybridized carbons (Fsp3) is 0.778. The van der Waals surface area contributed by atoms with Crippen LogP contribution in [0.3, 0.4) is 0 Å². The van der Waals surface area contributed by atoms with Crippen LogP contribution in [0.1, 0.15) is 25.7 Å². The van der Waals surface area contributed by atoms with E-state index in [0.717, 1.165) is 18.9 Å². The van der Waals surface area contributed by atoms with Crippen molar-refractivity contribution < 1.29 is 0 Å². The van der Waals surface area contributed by atoms with Gasteiger partial charge in [-0.1, -0.05) is 0 Å². The summed E-state index contributed by atoms with van der Waals surface area (Å²) < 4.78 is 0. The molecule has 0 radical (unpaired) electrons. The zero-order valence-corrected chi connectivity index (χ0v) is 7.41. The third-order valence-electron chi connectivity index (χ3n) is 3.09. The van der Waals surface area contributed by atoms with E-state index in [1.54, 1.807) is 0 Å². The van der Waals surface area contributed by atoms with Gasteiger partial charge in [0, 0.05) is 24.4 Å². The van der Waals surface area contributed by atoms with Gasteiger partial charge in [0.1, 0.15) is 0 Å². The number of nitrogens with one attached hydrogen (secondary N) is 1. The first-order valence-corrected chi connectivity index (χ1v) is 4.06. The van der Waals surface area contributed by atoms with E-state index in [-0.39, 0.29) is 12.4 Å². The maximum atomic E-state index is 5.26. The Hall–Kier alpha value is -0.190. The van der Waals surface area contributed by atoms with E-state index in [9.17, 15) is 0 Å². The molecule has 62 valence electrons. The van der Waals surface area contributed by atoms with Gasteiger partial charge in [-0.15, -0.1) is 24.8 Å². The van der Waals surface area contributed by atoms with Crippen molar-refractivity contribution in [2.24, 2.45) is 5.92 Å². The molecule has 1 saturated heterocycles. The van der Waals surface area contributed by atoms with Crippen molar-refractivity contribution in [1.29, 1.82) is 0 Å². The Bertz CT molecular complexity index is 173. The second-order valence-corrected chi connectivity index (χ2v) is 3.50. The normalized spacial score (nSPS) is 31.0. The third-order valence-corrected chi connectivity index (χ3v) is 3.09. The van der Waals surface area contributed by atoms with Crippen molar-refractivity contribution in [3.63, 3.8) is 0 Å². The quantitative estimate of drug-likeness (QED) is 0.591. The number of terminal acetylenes is 1. The lowest BCUT2D eigenvalue weighted by atomic mass is 9.62. The van der Waals surface area contributed by atoms with Crippen LogP contribution in [0.25, 0.3) is 0 Å². The molecular formula is C9H14ClN. The summed E-state index contributed by atoms with van der Waals surface area (Å²) in [5.74, 6) is 3.55. The second-order valence-electron chi connectivity index (χ2n) is 3.50. The zero-order chi connectivity index (χ0) is 7.03. The second kappa shape index (κ2) is 3.05. The maximum Gasteiger partial charge on any atom is 0.0231 e. The molecular weight excluding hydrogens is 158 g/mol. The SMILES string of the molecule is C#CCC1CNC12CCC2.Cl. The van der Waals surface area contributed by atoms with Crippen LogP contribution in [-0.2, 0) is 0 Å². The Labute approximate surface area is 74.3 Å². The summed E-state index contributed by atoms with van der Waals surface area (Å²) in [5.41, 5.74) is 0.520. The summed E-state index contributed by atoms with van der Waals surface area (Å²) in [7, 11) is 0. The van der Waals surface area contributed by atoms with E-state index in [0.29, 0.717) is 5.54 Å². The van der Waals surface area contributed by atoms with Crippen LogP contribution in [0.4, 0.5) is 0 Å². The highest BCUT2D eigenvalue weighted by Crippen LogP contribution is 2.44. The average Bonchev–Trinajstić information content (AvgIpc) is 1.77. The van der Waals surface area contributed by atoms with E-state index in [1.807, 2.05) is 0 Å². The number of hydrogen-bond donors (Lipinski definition) is 1. The largest absolute Gasteiger partial charge is 0.311 e. The van der Waals surface area contributed by atoms with Gasteiger partial charge in [-0.25, -0.2) is 0 Å². The van der Waals surface area contributed by atoms with Gasteiger partial charge >= 0.3 is 0 Å². The van der Waals surface area contributed by atoms with E-state index in [1.165, 1.54) is 19.3 Å². The first kappa shape index (κ1) is 8.90. The number of rotatable bonds is 1. The standard InChI is InChI=1S/C9H13N.ClH/c1-2-4-8-7-10-9(8)5-3-6-9;/h1,8,10H,3-7H2;1H. The van der Waals surface area contributed by atoms with Gasteiger partial charge in [-0.3, -0.25) is 0 Å². The van der Waals surface area contributed by atoms with Crippen molar-refractivity contribution in [2.45, 2.75) is 31.2 Å². The Morgan fingerprint density at radius 2 is 2.27 bits per heavy atom. The lowest BCUT2D eigenvalue weighted by Crippen LogP contribution is -2.68. The Balaban J connectivity index is 0.000000605. The number of hydrogen-bond acceptors (Lipinski definition) is 1. The predicted molar refractivity (Wildman–Crippen MR) is 48.8 cm³/mol. The van der Waals surface area contributed by atoms with Gasteiger partial charge in [-0.2, -0.15) is 0 Å². The lowest BCUT2D eigenvalue weighted by Gasteiger charge is -2.56. The fourth-order valence-corrected chi connectivity index (χ4v) is 2.09. The van der Waals surface area contributed by atoms with Gasteiger partial charge in [0.25, 0.3) is 0 Å². The van der Waals surface area contributed by atoms with Gasteiger partial charge < -0.3 is 5.32 Å². The van der Waals surface area contributed by atoms with Crippen molar-refractivity contribution >= 4 is 12.4 Å². The Kier molecular flexibility index (Phi) is 2.47. The smallest absolute Gasteiger partial charge is 0.0231 e. The molecule has 1 unspecified atom stereocenters. The maximum absolute atomic E-state index is 5.26. The minimum atomic E-state index is 0. The van der Waals surface area contributed by atoms with Crippen molar-refractivity contribution in [2.75, 3.05) is 6.54 Å². The molecule has 2 fully saturated rings. The van der Waals surface area contributed by atoms with Crippen molar-refractivity contribution in [1.82, 2.24) is 5.32 Å². The molecule has 11 heavy (non-hydrogen) atoms. The van der Waals surface area contributed by atoms with Gasteiger partial charge in [-0.05, 0) is 19.3 Å². The van der Waals surface area contributed by atoms with Crippen molar-refractivity contribution in [3.8, 4) is 12.3 Å². The summed E-state index contributed by atoms with van der Waals surface area (Å²) in [5, 5.41) is 3.50. The van der Waals surface area contributed by atoms with Crippen LogP contribution in [0.5, 0.6) is 0 Å². The molecule has 1 N–H and O–H groups in total. The van der Waals surface area contributed by atoms with E-state index < -0.39 is 0 Å². The lowest BCUT2D eigenvalue weighted by molar-refractivity contribution is 0.0230. The molecule has 0 aromatic heterocycles. The van der Waals surface area contributed by atoms with Crippen molar-refractivity contribution in [3.05, 3.63) is 0 Å². The molecule has 1 aliphatic carbocycles. The first-order valence-electron chi connectivity index (χ1n) is 4.06. The number of halogens is 1. The minimum absolute atomic E-state index is 0. The molecule has 2 aliphatic rings. The fourth-order valence-electron chi connectivity index (χ4n) is 2.09. The molecule has 1 nitrogen and oxygen atoms in total. The highest BCUT2D eigenvalue weighted by Gasteiger charge is 2.49. The summed E-state index contributed by atoms with van der Waals surface area (Å²) in [6.07, 6.45) is 10.4. The molecule has 0 aromatic rings. The molecule has 1 spiro atoms. The Morgan fingerprint density at radius 3 is 2.55 bits per heavy atom. The molecule has 1 saturated carbocycles. The third kappa shape index (κ3) is 1.15. The topological polar surface area (TPSA) is 12.0 Å². The van der Waals surface area contributed by atoms with Crippen LogP contribution in [0.2, 0.25) is 0 Å². The van der Waals surface area contributed by atoms with E-state index >= 15 is 0 Å². The zero-order valence-electron chi connectivity index (χ0n) is 6.60. The van der Waals surface area contributed by atoms with E-state index in [2.05, 4.69) is 11.2 Å². The highest BCUT2D eigenvalue weighted by atomic mass is 35.5. The molecule has 1 atom stereocenters. The van der Waals surface area contributed by atoms with Crippen LogP contribution in [0, 0.1) is 18.3 Å². The molecule has 2 rings (SSSR count). The summed E-state index contributed by atoms with van der Waals surface area (Å²) >= 11 is 0. The molecule has 0 aromatic carbocycles. The Morgan fingerprint density at radius 1 is 1.55 bits per heavy atom. The van der Waals surface area contributed by atoms with Gasteiger partial charge in [0.05, 0.1) is 0 Å². The summed E-state index contributed by atoms with van der Waals surface area (Å²) in [4.78, 5) is 0.